The summed E-state index contributed by atoms with van der Waals surface area (Å²) in [4.78, 5) is 2.19. The number of rotatable bonds is 4. The van der Waals surface area contributed by atoms with Gasteiger partial charge in [-0.15, -0.1) is 0 Å². The van der Waals surface area contributed by atoms with Gasteiger partial charge in [0.05, 0.1) is 19.3 Å². The highest BCUT2D eigenvalue weighted by atomic mass is 19.2. The number of aliphatic hydroxyl groups is 1. The fourth-order valence-electron chi connectivity index (χ4n) is 2.02. The van der Waals surface area contributed by atoms with Gasteiger partial charge >= 0.3 is 0 Å². The van der Waals surface area contributed by atoms with Crippen molar-refractivity contribution in [1.82, 2.24) is 4.90 Å². The zero-order chi connectivity index (χ0) is 13.0. The number of hydrogen-bond acceptors (Lipinski definition) is 3. The van der Waals surface area contributed by atoms with Crippen LogP contribution in [0.4, 0.5) is 8.78 Å². The van der Waals surface area contributed by atoms with E-state index < -0.39 is 17.7 Å². The molecule has 0 amide bonds. The van der Waals surface area contributed by atoms with Crippen molar-refractivity contribution in [3.05, 3.63) is 35.4 Å². The van der Waals surface area contributed by atoms with E-state index in [0.717, 1.165) is 31.8 Å². The van der Waals surface area contributed by atoms with E-state index >= 15 is 0 Å². The van der Waals surface area contributed by atoms with Crippen LogP contribution in [0.25, 0.3) is 0 Å². The van der Waals surface area contributed by atoms with Crippen LogP contribution in [0.15, 0.2) is 18.2 Å². The molecule has 1 aliphatic rings. The van der Waals surface area contributed by atoms with E-state index in [2.05, 4.69) is 4.90 Å². The van der Waals surface area contributed by atoms with Gasteiger partial charge in [-0.1, -0.05) is 6.07 Å². The summed E-state index contributed by atoms with van der Waals surface area (Å²) in [7, 11) is 0. The van der Waals surface area contributed by atoms with Crippen molar-refractivity contribution in [1.29, 1.82) is 0 Å². The molecule has 1 aliphatic heterocycles. The highest BCUT2D eigenvalue weighted by Gasteiger charge is 2.14. The summed E-state index contributed by atoms with van der Waals surface area (Å²) in [6.07, 6.45) is -0.256. The van der Waals surface area contributed by atoms with Crippen molar-refractivity contribution in [3.63, 3.8) is 0 Å². The van der Waals surface area contributed by atoms with Gasteiger partial charge in [-0.2, -0.15) is 0 Å². The summed E-state index contributed by atoms with van der Waals surface area (Å²) in [5.41, 5.74) is 0.419. The summed E-state index contributed by atoms with van der Waals surface area (Å²) in [5.74, 6) is -1.81. The Balaban J connectivity index is 1.86. The second-order valence-corrected chi connectivity index (χ2v) is 4.43. The molecule has 0 aliphatic carbocycles. The Kier molecular flexibility index (Phi) is 4.63. The number of aliphatic hydroxyl groups excluding tert-OH is 1. The van der Waals surface area contributed by atoms with Gasteiger partial charge in [0.2, 0.25) is 0 Å². The van der Waals surface area contributed by atoms with Crippen LogP contribution in [0.2, 0.25) is 0 Å². The molecule has 0 radical (unpaired) electrons. The van der Waals surface area contributed by atoms with Crippen molar-refractivity contribution in [2.75, 3.05) is 32.8 Å². The number of ether oxygens (including phenoxy) is 1. The maximum Gasteiger partial charge on any atom is 0.159 e. The lowest BCUT2D eigenvalue weighted by Crippen LogP contribution is -2.37. The van der Waals surface area contributed by atoms with Gasteiger partial charge in [0.25, 0.3) is 0 Å². The van der Waals surface area contributed by atoms with Crippen LogP contribution in [-0.2, 0) is 4.74 Å². The molecule has 2 rings (SSSR count). The minimum Gasteiger partial charge on any atom is -0.388 e. The summed E-state index contributed by atoms with van der Waals surface area (Å²) >= 11 is 0. The minimum absolute atomic E-state index is 0.419. The van der Waals surface area contributed by atoms with E-state index in [-0.39, 0.29) is 0 Å². The van der Waals surface area contributed by atoms with Gasteiger partial charge in [-0.05, 0) is 24.1 Å². The third kappa shape index (κ3) is 3.48. The first-order chi connectivity index (χ1) is 8.66. The van der Waals surface area contributed by atoms with Gasteiger partial charge in [0.1, 0.15) is 0 Å². The number of hydrogen-bond donors (Lipinski definition) is 1. The molecule has 1 atom stereocenters. The normalized spacial score (nSPS) is 18.8. The molecule has 0 saturated carbocycles. The average molecular weight is 257 g/mol. The smallest absolute Gasteiger partial charge is 0.159 e. The Bertz CT molecular complexity index is 395. The zero-order valence-corrected chi connectivity index (χ0v) is 10.1. The molecule has 1 aromatic carbocycles. The highest BCUT2D eigenvalue weighted by Crippen LogP contribution is 2.19. The maximum atomic E-state index is 13.0. The lowest BCUT2D eigenvalue weighted by Gasteiger charge is -2.27. The maximum absolute atomic E-state index is 13.0. The predicted octanol–water partition coefficient (Wildman–Crippen LogP) is 1.72. The summed E-state index contributed by atoms with van der Waals surface area (Å²) in [5, 5.41) is 9.92. The Labute approximate surface area is 105 Å². The van der Waals surface area contributed by atoms with Gasteiger partial charge in [0.15, 0.2) is 11.6 Å². The van der Waals surface area contributed by atoms with E-state index in [0.29, 0.717) is 25.2 Å². The Morgan fingerprint density at radius 1 is 1.22 bits per heavy atom. The van der Waals surface area contributed by atoms with Crippen LogP contribution in [0.3, 0.4) is 0 Å². The van der Waals surface area contributed by atoms with Crippen molar-refractivity contribution < 1.29 is 18.6 Å². The van der Waals surface area contributed by atoms with E-state index in [1.165, 1.54) is 6.07 Å². The molecule has 1 N–H and O–H groups in total. The standard InChI is InChI=1S/C13H17F2NO2/c14-11-2-1-10(9-12(11)15)13(17)3-4-16-5-7-18-8-6-16/h1-2,9,13,17H,3-8H2. The van der Waals surface area contributed by atoms with Gasteiger partial charge in [-0.3, -0.25) is 4.90 Å². The SMILES string of the molecule is OC(CCN1CCOCC1)c1ccc(F)c(F)c1. The Morgan fingerprint density at radius 3 is 2.61 bits per heavy atom. The Morgan fingerprint density at radius 2 is 1.94 bits per heavy atom. The second kappa shape index (κ2) is 6.22. The molecule has 1 saturated heterocycles. The Hall–Kier alpha value is -1.04. The molecule has 1 fully saturated rings. The molecule has 0 spiro atoms. The van der Waals surface area contributed by atoms with Crippen molar-refractivity contribution in [2.45, 2.75) is 12.5 Å². The van der Waals surface area contributed by atoms with Crippen LogP contribution in [0.1, 0.15) is 18.1 Å². The van der Waals surface area contributed by atoms with E-state index in [4.69, 9.17) is 4.74 Å². The quantitative estimate of drug-likeness (QED) is 0.891. The van der Waals surface area contributed by atoms with E-state index in [1.807, 2.05) is 0 Å². The van der Waals surface area contributed by atoms with Crippen LogP contribution in [-0.4, -0.2) is 42.9 Å². The first-order valence-corrected chi connectivity index (χ1v) is 6.10. The van der Waals surface area contributed by atoms with Gasteiger partial charge < -0.3 is 9.84 Å². The third-order valence-corrected chi connectivity index (χ3v) is 3.15. The van der Waals surface area contributed by atoms with Crippen LogP contribution in [0.5, 0.6) is 0 Å². The predicted molar refractivity (Wildman–Crippen MR) is 63.2 cm³/mol. The summed E-state index contributed by atoms with van der Waals surface area (Å²) in [6.45, 7) is 3.85. The molecule has 0 bridgehead atoms. The van der Waals surface area contributed by atoms with E-state index in [9.17, 15) is 13.9 Å². The third-order valence-electron chi connectivity index (χ3n) is 3.15. The van der Waals surface area contributed by atoms with Gasteiger partial charge in [0, 0.05) is 19.6 Å². The molecule has 100 valence electrons. The first-order valence-electron chi connectivity index (χ1n) is 6.10. The van der Waals surface area contributed by atoms with Gasteiger partial charge in [-0.25, -0.2) is 8.78 Å². The molecule has 18 heavy (non-hydrogen) atoms. The monoisotopic (exact) mass is 257 g/mol. The van der Waals surface area contributed by atoms with Crippen molar-refractivity contribution in [2.24, 2.45) is 0 Å². The minimum atomic E-state index is -0.919. The molecule has 1 heterocycles. The number of benzene rings is 1. The summed E-state index contributed by atoms with van der Waals surface area (Å²) in [6, 6.07) is 3.52. The largest absolute Gasteiger partial charge is 0.388 e. The second-order valence-electron chi connectivity index (χ2n) is 4.43. The lowest BCUT2D eigenvalue weighted by atomic mass is 10.1. The first kappa shape index (κ1) is 13.4. The number of morpholine rings is 1. The number of nitrogens with zero attached hydrogens (tertiary/aromatic N) is 1. The molecular formula is C13H17F2NO2. The fourth-order valence-corrected chi connectivity index (χ4v) is 2.02. The number of halogens is 2. The fraction of sp³-hybridized carbons (Fsp3) is 0.538. The molecule has 0 aromatic heterocycles. The highest BCUT2D eigenvalue weighted by molar-refractivity contribution is 5.19. The average Bonchev–Trinajstić information content (AvgIpc) is 2.40. The van der Waals surface area contributed by atoms with E-state index in [1.54, 1.807) is 0 Å². The lowest BCUT2D eigenvalue weighted by molar-refractivity contribution is 0.0300. The molecule has 5 heteroatoms. The molecule has 1 unspecified atom stereocenters. The summed E-state index contributed by atoms with van der Waals surface area (Å²) < 4.78 is 31.0. The van der Waals surface area contributed by atoms with Crippen molar-refractivity contribution in [3.8, 4) is 0 Å². The van der Waals surface area contributed by atoms with Crippen LogP contribution < -0.4 is 0 Å². The van der Waals surface area contributed by atoms with Crippen molar-refractivity contribution >= 4 is 0 Å². The van der Waals surface area contributed by atoms with Crippen LogP contribution >= 0.6 is 0 Å². The zero-order valence-electron chi connectivity index (χ0n) is 10.1. The topological polar surface area (TPSA) is 32.7 Å². The molecule has 3 nitrogen and oxygen atoms in total. The molecular weight excluding hydrogens is 240 g/mol. The molecule has 1 aromatic rings. The van der Waals surface area contributed by atoms with Crippen LogP contribution in [0, 0.1) is 11.6 Å².